The van der Waals surface area contributed by atoms with Crippen LogP contribution in [0.2, 0.25) is 0 Å². The molecule has 2 N–H and O–H groups in total. The van der Waals surface area contributed by atoms with Gasteiger partial charge in [-0.2, -0.15) is 0 Å². The van der Waals surface area contributed by atoms with Crippen molar-refractivity contribution in [1.29, 1.82) is 0 Å². The Bertz CT molecular complexity index is 323. The third-order valence-electron chi connectivity index (χ3n) is 3.42. The molecule has 1 aliphatic rings. The van der Waals surface area contributed by atoms with Gasteiger partial charge in [-0.1, -0.05) is 38.1 Å². The lowest BCUT2D eigenvalue weighted by Gasteiger charge is -2.38. The second kappa shape index (κ2) is 4.98. The molecular weight excluding hydrogens is 196 g/mol. The number of nitrogens with zero attached hydrogens (tertiary/aromatic N) is 1. The lowest BCUT2D eigenvalue weighted by atomic mass is 9.98. The van der Waals surface area contributed by atoms with E-state index < -0.39 is 0 Å². The van der Waals surface area contributed by atoms with Crippen molar-refractivity contribution in [2.24, 2.45) is 11.7 Å². The minimum absolute atomic E-state index is 0.625. The normalized spacial score (nSPS) is 17.8. The van der Waals surface area contributed by atoms with Crippen LogP contribution in [-0.2, 0) is 6.54 Å². The van der Waals surface area contributed by atoms with Crippen LogP contribution in [0.3, 0.4) is 0 Å². The van der Waals surface area contributed by atoms with Crippen molar-refractivity contribution in [3.63, 3.8) is 0 Å². The number of likely N-dealkylation sites (tertiary alicyclic amines) is 1. The minimum atomic E-state index is 0.625. The molecular formula is C14H22N2. The Balaban J connectivity index is 1.86. The summed E-state index contributed by atoms with van der Waals surface area (Å²) >= 11 is 0. The highest BCUT2D eigenvalue weighted by atomic mass is 15.2. The summed E-state index contributed by atoms with van der Waals surface area (Å²) in [6.45, 7) is 8.72. The fraction of sp³-hybridized carbons (Fsp3) is 0.571. The number of nitrogens with two attached hydrogens (primary N) is 1. The molecule has 0 amide bonds. The molecule has 0 saturated carbocycles. The summed E-state index contributed by atoms with van der Waals surface area (Å²) in [5.74, 6) is 1.36. The summed E-state index contributed by atoms with van der Waals surface area (Å²) in [5, 5.41) is 0. The second-order valence-corrected chi connectivity index (χ2v) is 5.19. The van der Waals surface area contributed by atoms with E-state index in [-0.39, 0.29) is 0 Å². The van der Waals surface area contributed by atoms with Gasteiger partial charge in [0.15, 0.2) is 0 Å². The van der Waals surface area contributed by atoms with Crippen molar-refractivity contribution in [3.8, 4) is 0 Å². The van der Waals surface area contributed by atoms with Gasteiger partial charge in [0.1, 0.15) is 0 Å². The van der Waals surface area contributed by atoms with Crippen LogP contribution in [0.1, 0.15) is 30.9 Å². The van der Waals surface area contributed by atoms with Crippen molar-refractivity contribution in [3.05, 3.63) is 35.4 Å². The molecule has 1 saturated heterocycles. The summed E-state index contributed by atoms with van der Waals surface area (Å²) in [6, 6.07) is 9.01. The predicted octanol–water partition coefficient (Wildman–Crippen LogP) is 2.20. The van der Waals surface area contributed by atoms with Gasteiger partial charge in [0.25, 0.3) is 0 Å². The molecule has 0 unspecified atom stereocenters. The molecule has 16 heavy (non-hydrogen) atoms. The first-order valence-corrected chi connectivity index (χ1v) is 6.20. The first-order chi connectivity index (χ1) is 7.69. The molecule has 0 bridgehead atoms. The molecule has 1 aromatic carbocycles. The van der Waals surface area contributed by atoms with Crippen molar-refractivity contribution in [2.45, 2.75) is 26.3 Å². The van der Waals surface area contributed by atoms with E-state index in [1.54, 1.807) is 0 Å². The Hall–Kier alpha value is -0.860. The SMILES string of the molecule is CC(C)c1ccc(CN2CC(CN)C2)cc1. The van der Waals surface area contributed by atoms with Crippen molar-refractivity contribution >= 4 is 0 Å². The topological polar surface area (TPSA) is 29.3 Å². The molecule has 0 spiro atoms. The fourth-order valence-electron chi connectivity index (χ4n) is 2.22. The number of hydrogen-bond donors (Lipinski definition) is 1. The standard InChI is InChI=1S/C14H22N2/c1-11(2)14-5-3-12(4-6-14)8-16-9-13(7-15)10-16/h3-6,11,13H,7-10,15H2,1-2H3. The van der Waals surface area contributed by atoms with Crippen LogP contribution in [-0.4, -0.2) is 24.5 Å². The maximum atomic E-state index is 5.62. The smallest absolute Gasteiger partial charge is 0.0234 e. The lowest BCUT2D eigenvalue weighted by Crippen LogP contribution is -2.49. The zero-order valence-electron chi connectivity index (χ0n) is 10.3. The Morgan fingerprint density at radius 1 is 1.25 bits per heavy atom. The van der Waals surface area contributed by atoms with Gasteiger partial charge < -0.3 is 5.73 Å². The Kier molecular flexibility index (Phi) is 3.62. The Labute approximate surface area is 98.4 Å². The van der Waals surface area contributed by atoms with Gasteiger partial charge in [0, 0.05) is 19.6 Å². The van der Waals surface area contributed by atoms with Crippen LogP contribution in [0.15, 0.2) is 24.3 Å². The van der Waals surface area contributed by atoms with Crippen molar-refractivity contribution in [2.75, 3.05) is 19.6 Å². The van der Waals surface area contributed by atoms with Gasteiger partial charge in [-0.25, -0.2) is 0 Å². The predicted molar refractivity (Wildman–Crippen MR) is 68.4 cm³/mol. The van der Waals surface area contributed by atoms with Crippen LogP contribution in [0.5, 0.6) is 0 Å². The first kappa shape index (κ1) is 11.6. The maximum Gasteiger partial charge on any atom is 0.0234 e. The van der Waals surface area contributed by atoms with Gasteiger partial charge in [-0.3, -0.25) is 4.90 Å². The highest BCUT2D eigenvalue weighted by molar-refractivity contribution is 5.24. The monoisotopic (exact) mass is 218 g/mol. The van der Waals surface area contributed by atoms with Crippen LogP contribution in [0.25, 0.3) is 0 Å². The molecule has 0 aromatic heterocycles. The molecule has 1 aromatic rings. The quantitative estimate of drug-likeness (QED) is 0.839. The number of benzene rings is 1. The molecule has 1 fully saturated rings. The molecule has 0 radical (unpaired) electrons. The Morgan fingerprint density at radius 3 is 2.38 bits per heavy atom. The Morgan fingerprint density at radius 2 is 1.88 bits per heavy atom. The average molecular weight is 218 g/mol. The molecule has 2 nitrogen and oxygen atoms in total. The average Bonchev–Trinajstić information content (AvgIpc) is 2.23. The maximum absolute atomic E-state index is 5.62. The zero-order valence-corrected chi connectivity index (χ0v) is 10.3. The molecule has 1 heterocycles. The summed E-state index contributed by atoms with van der Waals surface area (Å²) in [5.41, 5.74) is 8.46. The van der Waals surface area contributed by atoms with Gasteiger partial charge >= 0.3 is 0 Å². The molecule has 0 atom stereocenters. The van der Waals surface area contributed by atoms with Crippen molar-refractivity contribution in [1.82, 2.24) is 4.90 Å². The number of rotatable bonds is 4. The fourth-order valence-corrected chi connectivity index (χ4v) is 2.22. The van der Waals surface area contributed by atoms with Crippen molar-refractivity contribution < 1.29 is 0 Å². The molecule has 2 rings (SSSR count). The third kappa shape index (κ3) is 2.63. The van der Waals surface area contributed by atoms with E-state index in [4.69, 9.17) is 5.73 Å². The molecule has 88 valence electrons. The van der Waals surface area contributed by atoms with E-state index in [0.717, 1.165) is 19.0 Å². The largest absolute Gasteiger partial charge is 0.330 e. The summed E-state index contributed by atoms with van der Waals surface area (Å²) < 4.78 is 0. The lowest BCUT2D eigenvalue weighted by molar-refractivity contribution is 0.0979. The van der Waals surface area contributed by atoms with E-state index in [1.807, 2.05) is 0 Å². The third-order valence-corrected chi connectivity index (χ3v) is 3.42. The summed E-state index contributed by atoms with van der Waals surface area (Å²) in [4.78, 5) is 2.46. The van der Waals surface area contributed by atoms with Gasteiger partial charge in [0.2, 0.25) is 0 Å². The number of hydrogen-bond acceptors (Lipinski definition) is 2. The molecule has 1 aliphatic heterocycles. The van der Waals surface area contributed by atoms with Crippen LogP contribution in [0.4, 0.5) is 0 Å². The van der Waals surface area contributed by atoms with Crippen LogP contribution in [0, 0.1) is 5.92 Å². The van der Waals surface area contributed by atoms with Gasteiger partial charge in [-0.05, 0) is 29.5 Å². The summed E-state index contributed by atoms with van der Waals surface area (Å²) in [6.07, 6.45) is 0. The van der Waals surface area contributed by atoms with Gasteiger partial charge in [0.05, 0.1) is 0 Å². The highest BCUT2D eigenvalue weighted by Crippen LogP contribution is 2.19. The molecule has 2 heteroatoms. The molecule has 0 aliphatic carbocycles. The van der Waals surface area contributed by atoms with E-state index >= 15 is 0 Å². The van der Waals surface area contributed by atoms with E-state index in [9.17, 15) is 0 Å². The first-order valence-electron chi connectivity index (χ1n) is 6.20. The summed E-state index contributed by atoms with van der Waals surface area (Å²) in [7, 11) is 0. The highest BCUT2D eigenvalue weighted by Gasteiger charge is 2.24. The zero-order chi connectivity index (χ0) is 11.5. The van der Waals surface area contributed by atoms with E-state index in [1.165, 1.54) is 24.2 Å². The van der Waals surface area contributed by atoms with Crippen LogP contribution < -0.4 is 5.73 Å². The van der Waals surface area contributed by atoms with Gasteiger partial charge in [-0.15, -0.1) is 0 Å². The minimum Gasteiger partial charge on any atom is -0.330 e. The van der Waals surface area contributed by atoms with E-state index in [2.05, 4.69) is 43.0 Å². The second-order valence-electron chi connectivity index (χ2n) is 5.19. The van der Waals surface area contributed by atoms with E-state index in [0.29, 0.717) is 5.92 Å². The van der Waals surface area contributed by atoms with Crippen LogP contribution >= 0.6 is 0 Å².